The van der Waals surface area contributed by atoms with E-state index in [0.717, 1.165) is 29.4 Å². The molecule has 3 heteroatoms. The fourth-order valence-corrected chi connectivity index (χ4v) is 2.07. The van der Waals surface area contributed by atoms with Crippen LogP contribution in [-0.4, -0.2) is 22.2 Å². The first-order valence-electron chi connectivity index (χ1n) is 5.63. The lowest BCUT2D eigenvalue weighted by Gasteiger charge is -2.33. The Hall–Kier alpha value is -1.61. The molecule has 1 heterocycles. The van der Waals surface area contributed by atoms with Crippen molar-refractivity contribution in [1.82, 2.24) is 4.98 Å². The maximum Gasteiger partial charge on any atom is 0.0933 e. The Morgan fingerprint density at radius 1 is 1.19 bits per heavy atom. The number of benzene rings is 1. The maximum atomic E-state index is 9.56. The van der Waals surface area contributed by atoms with Crippen molar-refractivity contribution in [2.75, 3.05) is 5.32 Å². The molecule has 0 saturated heterocycles. The second kappa shape index (κ2) is 3.76. The highest BCUT2D eigenvalue weighted by atomic mass is 16.3. The molecular weight excluding hydrogens is 200 g/mol. The Labute approximate surface area is 94.1 Å². The maximum absolute atomic E-state index is 9.56. The van der Waals surface area contributed by atoms with Crippen molar-refractivity contribution < 1.29 is 5.11 Å². The topological polar surface area (TPSA) is 45.1 Å². The van der Waals surface area contributed by atoms with E-state index in [-0.39, 0.29) is 12.1 Å². The summed E-state index contributed by atoms with van der Waals surface area (Å²) in [7, 11) is 0. The third-order valence-electron chi connectivity index (χ3n) is 3.21. The molecule has 0 bridgehead atoms. The van der Waals surface area contributed by atoms with Gasteiger partial charge in [0.25, 0.3) is 0 Å². The Bertz CT molecular complexity index is 507. The van der Waals surface area contributed by atoms with Crippen LogP contribution in [-0.2, 0) is 0 Å². The fraction of sp³-hybridized carbons (Fsp3) is 0.308. The lowest BCUT2D eigenvalue weighted by Crippen LogP contribution is -2.42. The second-order valence-electron chi connectivity index (χ2n) is 4.28. The number of fused-ring (bicyclic) bond motifs is 1. The molecule has 1 aliphatic carbocycles. The molecule has 0 radical (unpaired) electrons. The molecule has 16 heavy (non-hydrogen) atoms. The highest BCUT2D eigenvalue weighted by Gasteiger charge is 2.28. The van der Waals surface area contributed by atoms with Gasteiger partial charge in [-0.1, -0.05) is 18.2 Å². The first-order valence-corrected chi connectivity index (χ1v) is 5.63. The minimum absolute atomic E-state index is 0.188. The minimum atomic E-state index is -0.209. The fourth-order valence-electron chi connectivity index (χ4n) is 2.07. The first kappa shape index (κ1) is 9.60. The van der Waals surface area contributed by atoms with Crippen LogP contribution in [0.5, 0.6) is 0 Å². The molecular formula is C13H14N2O. The van der Waals surface area contributed by atoms with Crippen LogP contribution >= 0.6 is 0 Å². The van der Waals surface area contributed by atoms with E-state index in [1.807, 2.05) is 30.3 Å². The highest BCUT2D eigenvalue weighted by Crippen LogP contribution is 2.27. The van der Waals surface area contributed by atoms with E-state index < -0.39 is 0 Å². The van der Waals surface area contributed by atoms with Crippen molar-refractivity contribution in [3.05, 3.63) is 36.5 Å². The number of anilines is 1. The number of nitrogens with zero attached hydrogens (tertiary/aromatic N) is 1. The summed E-state index contributed by atoms with van der Waals surface area (Å²) in [6.45, 7) is 0. The van der Waals surface area contributed by atoms with Gasteiger partial charge in [-0.2, -0.15) is 0 Å². The molecule has 1 aromatic carbocycles. The summed E-state index contributed by atoms with van der Waals surface area (Å²) in [6, 6.07) is 10.2. The summed E-state index contributed by atoms with van der Waals surface area (Å²) >= 11 is 0. The first-order chi connectivity index (χ1) is 7.84. The summed E-state index contributed by atoms with van der Waals surface area (Å²) in [6.07, 6.45) is 3.52. The van der Waals surface area contributed by atoms with Crippen molar-refractivity contribution in [2.24, 2.45) is 0 Å². The number of pyridine rings is 1. The molecule has 1 saturated carbocycles. The molecule has 1 aliphatic rings. The zero-order valence-electron chi connectivity index (χ0n) is 8.93. The number of para-hydroxylation sites is 1. The van der Waals surface area contributed by atoms with E-state index in [9.17, 15) is 5.11 Å². The van der Waals surface area contributed by atoms with Crippen LogP contribution < -0.4 is 5.32 Å². The molecule has 3 nitrogen and oxygen atoms in total. The van der Waals surface area contributed by atoms with Gasteiger partial charge in [0.15, 0.2) is 0 Å². The van der Waals surface area contributed by atoms with Gasteiger partial charge in [0.1, 0.15) is 0 Å². The highest BCUT2D eigenvalue weighted by molar-refractivity contribution is 5.90. The Morgan fingerprint density at radius 3 is 2.81 bits per heavy atom. The van der Waals surface area contributed by atoms with Crippen LogP contribution in [0.25, 0.3) is 10.9 Å². The quantitative estimate of drug-likeness (QED) is 0.805. The van der Waals surface area contributed by atoms with Crippen molar-refractivity contribution in [1.29, 1.82) is 0 Å². The molecule has 0 unspecified atom stereocenters. The smallest absolute Gasteiger partial charge is 0.0933 e. The Morgan fingerprint density at radius 2 is 2.06 bits per heavy atom. The van der Waals surface area contributed by atoms with Crippen LogP contribution in [0.1, 0.15) is 12.8 Å². The lowest BCUT2D eigenvalue weighted by atomic mass is 9.89. The second-order valence-corrected chi connectivity index (χ2v) is 4.28. The summed E-state index contributed by atoms with van der Waals surface area (Å²) in [5.74, 6) is 0. The summed E-state index contributed by atoms with van der Waals surface area (Å²) in [5.41, 5.74) is 1.99. The van der Waals surface area contributed by atoms with Gasteiger partial charge in [0, 0.05) is 11.6 Å². The molecule has 2 atom stereocenters. The van der Waals surface area contributed by atoms with Crippen molar-refractivity contribution in [3.8, 4) is 0 Å². The monoisotopic (exact) mass is 214 g/mol. The zero-order valence-corrected chi connectivity index (χ0v) is 8.93. The lowest BCUT2D eigenvalue weighted by molar-refractivity contribution is 0.0787. The van der Waals surface area contributed by atoms with Gasteiger partial charge in [-0.25, -0.2) is 0 Å². The van der Waals surface area contributed by atoms with E-state index in [2.05, 4.69) is 10.3 Å². The third kappa shape index (κ3) is 1.53. The standard InChI is InChI=1S/C13H14N2O/c16-12-7-6-10(12)15-11-5-1-3-9-4-2-8-14-13(9)11/h1-5,8,10,12,15-16H,6-7H2/t10-,12-/m0/s1. The molecule has 1 fully saturated rings. The van der Waals surface area contributed by atoms with Gasteiger partial charge in [-0.05, 0) is 25.0 Å². The van der Waals surface area contributed by atoms with Crippen LogP contribution in [0.4, 0.5) is 5.69 Å². The average Bonchev–Trinajstić information content (AvgIpc) is 2.34. The van der Waals surface area contributed by atoms with Gasteiger partial charge in [0.05, 0.1) is 23.3 Å². The van der Waals surface area contributed by atoms with Crippen LogP contribution in [0, 0.1) is 0 Å². The molecule has 1 aromatic heterocycles. The van der Waals surface area contributed by atoms with Gasteiger partial charge in [-0.3, -0.25) is 4.98 Å². The van der Waals surface area contributed by atoms with Crippen molar-refractivity contribution in [2.45, 2.75) is 25.0 Å². The number of hydrogen-bond acceptors (Lipinski definition) is 3. The number of nitrogens with one attached hydrogen (secondary N) is 1. The third-order valence-corrected chi connectivity index (χ3v) is 3.21. The summed E-state index contributed by atoms with van der Waals surface area (Å²) < 4.78 is 0. The van der Waals surface area contributed by atoms with E-state index in [1.54, 1.807) is 6.20 Å². The number of rotatable bonds is 2. The molecule has 3 rings (SSSR count). The Balaban J connectivity index is 1.96. The molecule has 0 aliphatic heterocycles. The largest absolute Gasteiger partial charge is 0.391 e. The van der Waals surface area contributed by atoms with Crippen molar-refractivity contribution in [3.63, 3.8) is 0 Å². The number of hydrogen-bond donors (Lipinski definition) is 2. The molecule has 2 N–H and O–H groups in total. The number of aromatic nitrogens is 1. The average molecular weight is 214 g/mol. The number of aliphatic hydroxyl groups is 1. The van der Waals surface area contributed by atoms with Gasteiger partial charge in [0.2, 0.25) is 0 Å². The van der Waals surface area contributed by atoms with Gasteiger partial charge >= 0.3 is 0 Å². The van der Waals surface area contributed by atoms with Crippen LogP contribution in [0.15, 0.2) is 36.5 Å². The minimum Gasteiger partial charge on any atom is -0.391 e. The molecule has 82 valence electrons. The Kier molecular flexibility index (Phi) is 2.26. The van der Waals surface area contributed by atoms with E-state index >= 15 is 0 Å². The van der Waals surface area contributed by atoms with Crippen LogP contribution in [0.2, 0.25) is 0 Å². The van der Waals surface area contributed by atoms with Gasteiger partial charge < -0.3 is 10.4 Å². The molecule has 2 aromatic rings. The van der Waals surface area contributed by atoms with E-state index in [4.69, 9.17) is 0 Å². The van der Waals surface area contributed by atoms with Crippen LogP contribution in [0.3, 0.4) is 0 Å². The molecule has 0 amide bonds. The van der Waals surface area contributed by atoms with E-state index in [1.165, 1.54) is 0 Å². The normalized spacial score (nSPS) is 24.1. The van der Waals surface area contributed by atoms with E-state index in [0.29, 0.717) is 0 Å². The van der Waals surface area contributed by atoms with Gasteiger partial charge in [-0.15, -0.1) is 0 Å². The molecule has 0 spiro atoms. The predicted octanol–water partition coefficient (Wildman–Crippen LogP) is 2.17. The summed E-state index contributed by atoms with van der Waals surface area (Å²) in [4.78, 5) is 4.37. The predicted molar refractivity (Wildman–Crippen MR) is 64.4 cm³/mol. The van der Waals surface area contributed by atoms with Crippen molar-refractivity contribution >= 4 is 16.6 Å². The summed E-state index contributed by atoms with van der Waals surface area (Å²) in [5, 5.41) is 14.0. The number of aliphatic hydroxyl groups excluding tert-OH is 1. The zero-order chi connectivity index (χ0) is 11.0. The SMILES string of the molecule is O[C@H]1CC[C@@H]1Nc1cccc2cccnc12.